The van der Waals surface area contributed by atoms with Crippen molar-refractivity contribution in [1.82, 2.24) is 10.6 Å². The number of nitrogens with one attached hydrogen (secondary N) is 2. The average Bonchev–Trinajstić information content (AvgIpc) is 2.59. The Labute approximate surface area is 149 Å². The number of urea groups is 1. The van der Waals surface area contributed by atoms with Crippen LogP contribution in [0.15, 0.2) is 48.5 Å². The van der Waals surface area contributed by atoms with Crippen molar-refractivity contribution in [3.8, 4) is 0 Å². The monoisotopic (exact) mass is 361 g/mol. The van der Waals surface area contributed by atoms with Crippen molar-refractivity contribution >= 4 is 35.2 Å². The molecule has 0 heterocycles. The molecule has 3 amide bonds. The first-order chi connectivity index (χ1) is 11.9. The number of halogens is 1. The van der Waals surface area contributed by atoms with E-state index in [-0.39, 0.29) is 11.3 Å². The summed E-state index contributed by atoms with van der Waals surface area (Å²) in [5.74, 6) is -1.60. The molecular formula is C17H16ClN3O4. The molecule has 0 aliphatic rings. The summed E-state index contributed by atoms with van der Waals surface area (Å²) in [5.41, 5.74) is 6.36. The van der Waals surface area contributed by atoms with Crippen molar-refractivity contribution in [3.63, 3.8) is 0 Å². The number of hydrogen-bond donors (Lipinski definition) is 3. The molecule has 0 bridgehead atoms. The number of rotatable bonds is 4. The summed E-state index contributed by atoms with van der Waals surface area (Å²) in [7, 11) is 1.36. The number of carbonyl (C=O) groups excluding carboxylic acids is 3. The van der Waals surface area contributed by atoms with Crippen LogP contribution < -0.4 is 16.4 Å². The summed E-state index contributed by atoms with van der Waals surface area (Å²) in [6, 6.07) is 11.9. The van der Waals surface area contributed by atoms with Gasteiger partial charge in [-0.2, -0.15) is 0 Å². The molecule has 1 atom stereocenters. The highest BCUT2D eigenvalue weighted by atomic mass is 35.5. The van der Waals surface area contributed by atoms with Crippen LogP contribution in [0.1, 0.15) is 22.0 Å². The standard InChI is InChI=1S/C17H16ClN3O4/c1-20-17(24)21-15(22)14(10-5-3-2-4-6-10)25-16(23)12-8-7-11(18)9-13(12)19/h2-9,14H,19H2,1H3,(H2,20,21,22,24)/t14-/m0/s1. The second-order valence-electron chi connectivity index (χ2n) is 5.00. The second kappa shape index (κ2) is 8.16. The Morgan fingerprint density at radius 1 is 1.12 bits per heavy atom. The quantitative estimate of drug-likeness (QED) is 0.571. The first-order valence-electron chi connectivity index (χ1n) is 7.26. The van der Waals surface area contributed by atoms with E-state index in [0.717, 1.165) is 0 Å². The third-order valence-corrected chi connectivity index (χ3v) is 3.50. The predicted octanol–water partition coefficient (Wildman–Crippen LogP) is 2.28. The maximum Gasteiger partial charge on any atom is 0.341 e. The fourth-order valence-corrected chi connectivity index (χ4v) is 2.21. The summed E-state index contributed by atoms with van der Waals surface area (Å²) >= 11 is 5.81. The SMILES string of the molecule is CNC(=O)NC(=O)[C@@H](OC(=O)c1ccc(Cl)cc1N)c1ccccc1. The van der Waals surface area contributed by atoms with Gasteiger partial charge in [0.2, 0.25) is 6.10 Å². The van der Waals surface area contributed by atoms with Gasteiger partial charge >= 0.3 is 12.0 Å². The number of esters is 1. The molecule has 7 nitrogen and oxygen atoms in total. The van der Waals surface area contributed by atoms with E-state index in [1.807, 2.05) is 0 Å². The van der Waals surface area contributed by atoms with Crippen LogP contribution in [0.5, 0.6) is 0 Å². The summed E-state index contributed by atoms with van der Waals surface area (Å²) in [6.45, 7) is 0. The molecule has 0 radical (unpaired) electrons. The maximum atomic E-state index is 12.4. The van der Waals surface area contributed by atoms with E-state index >= 15 is 0 Å². The van der Waals surface area contributed by atoms with Crippen molar-refractivity contribution in [1.29, 1.82) is 0 Å². The van der Waals surface area contributed by atoms with Crippen LogP contribution in [0.3, 0.4) is 0 Å². The molecule has 2 aromatic rings. The van der Waals surface area contributed by atoms with Crippen LogP contribution in [-0.4, -0.2) is 25.0 Å². The molecule has 130 valence electrons. The summed E-state index contributed by atoms with van der Waals surface area (Å²) in [6.07, 6.45) is -1.32. The average molecular weight is 362 g/mol. The van der Waals surface area contributed by atoms with Crippen LogP contribution in [0.25, 0.3) is 0 Å². The number of nitrogens with two attached hydrogens (primary N) is 1. The highest BCUT2D eigenvalue weighted by molar-refractivity contribution is 6.31. The lowest BCUT2D eigenvalue weighted by molar-refractivity contribution is -0.129. The lowest BCUT2D eigenvalue weighted by Crippen LogP contribution is -2.41. The van der Waals surface area contributed by atoms with Crippen LogP contribution in [0.2, 0.25) is 5.02 Å². The lowest BCUT2D eigenvalue weighted by atomic mass is 10.1. The van der Waals surface area contributed by atoms with E-state index in [9.17, 15) is 14.4 Å². The smallest absolute Gasteiger partial charge is 0.341 e. The normalized spacial score (nSPS) is 11.3. The van der Waals surface area contributed by atoms with E-state index in [4.69, 9.17) is 22.1 Å². The number of nitrogen functional groups attached to an aromatic ring is 1. The molecule has 8 heteroatoms. The molecule has 2 rings (SSSR count). The lowest BCUT2D eigenvalue weighted by Gasteiger charge is -2.18. The van der Waals surface area contributed by atoms with Gasteiger partial charge in [0.15, 0.2) is 0 Å². The third-order valence-electron chi connectivity index (χ3n) is 3.26. The number of benzene rings is 2. The highest BCUT2D eigenvalue weighted by Crippen LogP contribution is 2.23. The zero-order valence-electron chi connectivity index (χ0n) is 13.3. The van der Waals surface area contributed by atoms with Gasteiger partial charge in [0.25, 0.3) is 5.91 Å². The molecule has 0 aromatic heterocycles. The molecule has 0 spiro atoms. The van der Waals surface area contributed by atoms with Gasteiger partial charge < -0.3 is 15.8 Å². The Morgan fingerprint density at radius 2 is 1.80 bits per heavy atom. The number of carbonyl (C=O) groups is 3. The largest absolute Gasteiger partial charge is 0.444 e. The van der Waals surface area contributed by atoms with E-state index < -0.39 is 24.0 Å². The van der Waals surface area contributed by atoms with Crippen molar-refractivity contribution < 1.29 is 19.1 Å². The molecule has 0 aliphatic heterocycles. The number of ether oxygens (including phenoxy) is 1. The van der Waals surface area contributed by atoms with Crippen LogP contribution >= 0.6 is 11.6 Å². The zero-order chi connectivity index (χ0) is 18.4. The van der Waals surface area contributed by atoms with Crippen molar-refractivity contribution in [2.24, 2.45) is 0 Å². The minimum absolute atomic E-state index is 0.0677. The van der Waals surface area contributed by atoms with E-state index in [1.54, 1.807) is 30.3 Å². The number of hydrogen-bond acceptors (Lipinski definition) is 5. The molecule has 0 aliphatic carbocycles. The van der Waals surface area contributed by atoms with Crippen molar-refractivity contribution in [2.75, 3.05) is 12.8 Å². The van der Waals surface area contributed by atoms with Crippen LogP contribution in [0, 0.1) is 0 Å². The van der Waals surface area contributed by atoms with Gasteiger partial charge in [-0.1, -0.05) is 41.9 Å². The van der Waals surface area contributed by atoms with Crippen molar-refractivity contribution in [3.05, 3.63) is 64.7 Å². The second-order valence-corrected chi connectivity index (χ2v) is 5.43. The van der Waals surface area contributed by atoms with Gasteiger partial charge in [0, 0.05) is 23.3 Å². The number of anilines is 1. The topological polar surface area (TPSA) is 111 Å². The number of imide groups is 1. The Balaban J connectivity index is 2.28. The first kappa shape index (κ1) is 18.3. The van der Waals surface area contributed by atoms with Crippen molar-refractivity contribution in [2.45, 2.75) is 6.10 Å². The Bertz CT molecular complexity index is 796. The van der Waals surface area contributed by atoms with Crippen LogP contribution in [0.4, 0.5) is 10.5 Å². The summed E-state index contributed by atoms with van der Waals surface area (Å²) < 4.78 is 5.30. The van der Waals surface area contributed by atoms with Gasteiger partial charge in [-0.15, -0.1) is 0 Å². The molecule has 4 N–H and O–H groups in total. The molecule has 0 unspecified atom stereocenters. The van der Waals surface area contributed by atoms with Crippen LogP contribution in [-0.2, 0) is 9.53 Å². The third kappa shape index (κ3) is 4.71. The highest BCUT2D eigenvalue weighted by Gasteiger charge is 2.27. The van der Waals surface area contributed by atoms with E-state index in [2.05, 4.69) is 10.6 Å². The summed E-state index contributed by atoms with van der Waals surface area (Å²) in [5, 5.41) is 4.71. The molecular weight excluding hydrogens is 346 g/mol. The molecule has 25 heavy (non-hydrogen) atoms. The molecule has 2 aromatic carbocycles. The Kier molecular flexibility index (Phi) is 5.97. The van der Waals surface area contributed by atoms with Gasteiger partial charge in [0.05, 0.1) is 5.56 Å². The minimum Gasteiger partial charge on any atom is -0.444 e. The molecule has 0 saturated heterocycles. The summed E-state index contributed by atoms with van der Waals surface area (Å²) in [4.78, 5) is 36.1. The fourth-order valence-electron chi connectivity index (χ4n) is 2.03. The van der Waals surface area contributed by atoms with Gasteiger partial charge in [-0.3, -0.25) is 10.1 Å². The zero-order valence-corrected chi connectivity index (χ0v) is 14.0. The van der Waals surface area contributed by atoms with Gasteiger partial charge in [-0.25, -0.2) is 9.59 Å². The number of amides is 3. The fraction of sp³-hybridized carbons (Fsp3) is 0.118. The Morgan fingerprint density at radius 3 is 2.40 bits per heavy atom. The van der Waals surface area contributed by atoms with E-state index in [1.165, 1.54) is 25.2 Å². The first-order valence-corrected chi connectivity index (χ1v) is 7.63. The molecule has 0 saturated carbocycles. The predicted molar refractivity (Wildman–Crippen MR) is 93.1 cm³/mol. The minimum atomic E-state index is -1.32. The van der Waals surface area contributed by atoms with E-state index in [0.29, 0.717) is 10.6 Å². The Hall–Kier alpha value is -3.06. The van der Waals surface area contributed by atoms with Gasteiger partial charge in [-0.05, 0) is 18.2 Å². The van der Waals surface area contributed by atoms with Gasteiger partial charge in [0.1, 0.15) is 0 Å². The molecule has 0 fully saturated rings. The maximum absolute atomic E-state index is 12.4.